The van der Waals surface area contributed by atoms with Crippen LogP contribution in [0.4, 0.5) is 10.1 Å². The summed E-state index contributed by atoms with van der Waals surface area (Å²) in [5.41, 5.74) is 1.68. The zero-order chi connectivity index (χ0) is 18.2. The average molecular weight is 360 g/mol. The molecule has 0 aromatic heterocycles. The van der Waals surface area contributed by atoms with Crippen LogP contribution in [0.5, 0.6) is 0 Å². The molecule has 130 valence electrons. The minimum Gasteiger partial charge on any atom is -0.322 e. The molecule has 2 aromatic carbocycles. The molecule has 1 amide bonds. The van der Waals surface area contributed by atoms with Crippen LogP contribution in [0.1, 0.15) is 24.5 Å². The smallest absolute Gasteiger partial charge is 0.238 e. The molecular weight excluding hydrogens is 341 g/mol. The Bertz CT molecular complexity index is 771. The van der Waals surface area contributed by atoms with Crippen LogP contribution in [-0.2, 0) is 11.3 Å². The van der Waals surface area contributed by atoms with Crippen molar-refractivity contribution in [2.45, 2.75) is 19.9 Å². The lowest BCUT2D eigenvalue weighted by atomic mass is 10.1. The number of anilines is 1. The molecule has 0 unspecified atom stereocenters. The van der Waals surface area contributed by atoms with E-state index in [1.807, 2.05) is 24.0 Å². The molecular formula is C19H19ClFN3O. The lowest BCUT2D eigenvalue weighted by molar-refractivity contribution is -0.117. The van der Waals surface area contributed by atoms with E-state index in [0.29, 0.717) is 17.1 Å². The molecule has 6 heteroatoms. The number of hydrogen-bond acceptors (Lipinski definition) is 3. The SMILES string of the molecule is CCCN(CC(=O)Nc1cc(Cl)ccc1F)Cc1ccc(C#N)cc1. The largest absolute Gasteiger partial charge is 0.322 e. The van der Waals surface area contributed by atoms with Gasteiger partial charge in [0.25, 0.3) is 0 Å². The number of nitrogens with one attached hydrogen (secondary N) is 1. The van der Waals surface area contributed by atoms with Gasteiger partial charge in [-0.05, 0) is 48.9 Å². The molecule has 0 atom stereocenters. The summed E-state index contributed by atoms with van der Waals surface area (Å²) in [6, 6.07) is 13.4. The van der Waals surface area contributed by atoms with Gasteiger partial charge in [0.05, 0.1) is 23.9 Å². The van der Waals surface area contributed by atoms with E-state index < -0.39 is 5.82 Å². The molecule has 0 aliphatic rings. The van der Waals surface area contributed by atoms with Gasteiger partial charge in [0.2, 0.25) is 5.91 Å². The number of nitrogens with zero attached hydrogens (tertiary/aromatic N) is 2. The number of rotatable bonds is 7. The zero-order valence-electron chi connectivity index (χ0n) is 13.9. The van der Waals surface area contributed by atoms with Gasteiger partial charge in [0, 0.05) is 11.6 Å². The Kier molecular flexibility index (Phi) is 6.93. The van der Waals surface area contributed by atoms with Gasteiger partial charge < -0.3 is 5.32 Å². The van der Waals surface area contributed by atoms with Gasteiger partial charge in [-0.3, -0.25) is 9.69 Å². The molecule has 0 fully saturated rings. The fourth-order valence-corrected chi connectivity index (χ4v) is 2.63. The summed E-state index contributed by atoms with van der Waals surface area (Å²) in [5.74, 6) is -0.824. The topological polar surface area (TPSA) is 56.1 Å². The lowest BCUT2D eigenvalue weighted by Crippen LogP contribution is -2.33. The van der Waals surface area contributed by atoms with E-state index in [-0.39, 0.29) is 18.1 Å². The van der Waals surface area contributed by atoms with E-state index in [1.54, 1.807) is 12.1 Å². The first kappa shape index (κ1) is 18.9. The second-order valence-corrected chi connectivity index (χ2v) is 6.13. The van der Waals surface area contributed by atoms with Gasteiger partial charge in [0.15, 0.2) is 0 Å². The molecule has 0 bridgehead atoms. The highest BCUT2D eigenvalue weighted by molar-refractivity contribution is 6.30. The molecule has 0 aliphatic heterocycles. The average Bonchev–Trinajstić information content (AvgIpc) is 2.59. The first-order chi connectivity index (χ1) is 12.0. The van der Waals surface area contributed by atoms with Crippen molar-refractivity contribution in [2.24, 2.45) is 0 Å². The molecule has 2 rings (SSSR count). The van der Waals surface area contributed by atoms with Crippen molar-refractivity contribution in [3.63, 3.8) is 0 Å². The van der Waals surface area contributed by atoms with Gasteiger partial charge in [-0.1, -0.05) is 30.7 Å². The summed E-state index contributed by atoms with van der Waals surface area (Å²) >= 11 is 5.84. The third-order valence-electron chi connectivity index (χ3n) is 3.60. The Hall–Kier alpha value is -2.42. The van der Waals surface area contributed by atoms with Gasteiger partial charge >= 0.3 is 0 Å². The third-order valence-corrected chi connectivity index (χ3v) is 3.83. The summed E-state index contributed by atoms with van der Waals surface area (Å²) in [4.78, 5) is 14.2. The van der Waals surface area contributed by atoms with Crippen LogP contribution in [0.3, 0.4) is 0 Å². The molecule has 0 spiro atoms. The van der Waals surface area contributed by atoms with Crippen LogP contribution in [0, 0.1) is 17.1 Å². The molecule has 25 heavy (non-hydrogen) atoms. The molecule has 0 aliphatic carbocycles. The van der Waals surface area contributed by atoms with Crippen molar-refractivity contribution >= 4 is 23.2 Å². The van der Waals surface area contributed by atoms with Crippen LogP contribution in [-0.4, -0.2) is 23.9 Å². The van der Waals surface area contributed by atoms with Crippen molar-refractivity contribution in [2.75, 3.05) is 18.4 Å². The summed E-state index contributed by atoms with van der Waals surface area (Å²) < 4.78 is 13.7. The van der Waals surface area contributed by atoms with E-state index in [0.717, 1.165) is 18.5 Å². The molecule has 0 radical (unpaired) electrons. The number of carbonyl (C=O) groups excluding carboxylic acids is 1. The van der Waals surface area contributed by atoms with Gasteiger partial charge in [-0.25, -0.2) is 4.39 Å². The third kappa shape index (κ3) is 5.86. The Labute approximate surface area is 151 Å². The summed E-state index contributed by atoms with van der Waals surface area (Å²) in [6.45, 7) is 3.47. The summed E-state index contributed by atoms with van der Waals surface area (Å²) in [6.07, 6.45) is 0.884. The fraction of sp³-hybridized carbons (Fsp3) is 0.263. The van der Waals surface area contributed by atoms with E-state index >= 15 is 0 Å². The molecule has 2 aromatic rings. The summed E-state index contributed by atoms with van der Waals surface area (Å²) in [5, 5.41) is 11.8. The molecule has 0 saturated heterocycles. The molecule has 0 heterocycles. The Morgan fingerprint density at radius 2 is 2.00 bits per heavy atom. The number of halogens is 2. The monoisotopic (exact) mass is 359 g/mol. The van der Waals surface area contributed by atoms with E-state index in [4.69, 9.17) is 16.9 Å². The normalized spacial score (nSPS) is 10.5. The molecule has 1 N–H and O–H groups in total. The first-order valence-electron chi connectivity index (χ1n) is 7.98. The number of hydrogen-bond donors (Lipinski definition) is 1. The quantitative estimate of drug-likeness (QED) is 0.806. The number of carbonyl (C=O) groups is 1. The highest BCUT2D eigenvalue weighted by Crippen LogP contribution is 2.19. The van der Waals surface area contributed by atoms with Crippen molar-refractivity contribution < 1.29 is 9.18 Å². The van der Waals surface area contributed by atoms with Crippen LogP contribution >= 0.6 is 11.6 Å². The predicted octanol–water partition coefficient (Wildman–Crippen LogP) is 4.20. The molecule has 0 saturated carbocycles. The van der Waals surface area contributed by atoms with Crippen LogP contribution in [0.25, 0.3) is 0 Å². The minimum atomic E-state index is -0.521. The highest BCUT2D eigenvalue weighted by atomic mass is 35.5. The standard InChI is InChI=1S/C19H19ClFN3O/c1-2-9-24(12-15-5-3-14(11-22)4-6-15)13-19(25)23-18-10-16(20)7-8-17(18)21/h3-8,10H,2,9,12-13H2,1H3,(H,23,25). The minimum absolute atomic E-state index is 0.0762. The Morgan fingerprint density at radius 3 is 2.64 bits per heavy atom. The van der Waals surface area contributed by atoms with Gasteiger partial charge in [-0.2, -0.15) is 5.26 Å². The van der Waals surface area contributed by atoms with Crippen molar-refractivity contribution in [1.82, 2.24) is 4.90 Å². The van der Waals surface area contributed by atoms with Gasteiger partial charge in [-0.15, -0.1) is 0 Å². The maximum absolute atomic E-state index is 13.7. The van der Waals surface area contributed by atoms with E-state index in [9.17, 15) is 9.18 Å². The maximum atomic E-state index is 13.7. The summed E-state index contributed by atoms with van der Waals surface area (Å²) in [7, 11) is 0. The van der Waals surface area contributed by atoms with Crippen LogP contribution in [0.15, 0.2) is 42.5 Å². The van der Waals surface area contributed by atoms with Gasteiger partial charge in [0.1, 0.15) is 5.82 Å². The second kappa shape index (κ2) is 9.16. The number of benzene rings is 2. The van der Waals surface area contributed by atoms with Crippen molar-refractivity contribution in [3.8, 4) is 6.07 Å². The van der Waals surface area contributed by atoms with Crippen molar-refractivity contribution in [1.29, 1.82) is 5.26 Å². The van der Waals surface area contributed by atoms with Crippen LogP contribution < -0.4 is 5.32 Å². The Morgan fingerprint density at radius 1 is 1.28 bits per heavy atom. The maximum Gasteiger partial charge on any atom is 0.238 e. The molecule has 4 nitrogen and oxygen atoms in total. The lowest BCUT2D eigenvalue weighted by Gasteiger charge is -2.21. The Balaban J connectivity index is 2.00. The van der Waals surface area contributed by atoms with E-state index in [1.165, 1.54) is 18.2 Å². The zero-order valence-corrected chi connectivity index (χ0v) is 14.7. The highest BCUT2D eigenvalue weighted by Gasteiger charge is 2.13. The van der Waals surface area contributed by atoms with Crippen LogP contribution in [0.2, 0.25) is 5.02 Å². The van der Waals surface area contributed by atoms with Crippen molar-refractivity contribution in [3.05, 3.63) is 64.4 Å². The number of amides is 1. The first-order valence-corrected chi connectivity index (χ1v) is 8.36. The fourth-order valence-electron chi connectivity index (χ4n) is 2.46. The second-order valence-electron chi connectivity index (χ2n) is 5.69. The number of nitriles is 1. The predicted molar refractivity (Wildman–Crippen MR) is 96.8 cm³/mol. The van der Waals surface area contributed by atoms with E-state index in [2.05, 4.69) is 11.4 Å².